The Morgan fingerprint density at radius 1 is 1.14 bits per heavy atom. The van der Waals surface area contributed by atoms with Gasteiger partial charge in [0.1, 0.15) is 16.8 Å². The molecule has 1 N–H and O–H groups in total. The Kier molecular flexibility index (Phi) is 5.36. The second-order valence-electron chi connectivity index (χ2n) is 6.75. The second-order valence-corrected chi connectivity index (χ2v) is 7.91. The molecule has 2 aromatic heterocycles. The molecule has 1 fully saturated rings. The van der Waals surface area contributed by atoms with Crippen LogP contribution in [0.1, 0.15) is 22.4 Å². The largest absolute Gasteiger partial charge is 0.360 e. The molecule has 1 aliphatic rings. The van der Waals surface area contributed by atoms with Crippen LogP contribution in [0.3, 0.4) is 0 Å². The molecule has 0 aliphatic carbocycles. The van der Waals surface area contributed by atoms with Gasteiger partial charge < -0.3 is 14.7 Å². The van der Waals surface area contributed by atoms with Crippen molar-refractivity contribution >= 4 is 28.2 Å². The molecule has 1 atom stereocenters. The standard InChI is InChI=1S/C19H22N6O2S/c1-13-12-16(23-27-13)20-18(26)17(15-6-4-3-5-7-15)24-8-10-25(11-9-24)19-22-21-14(2)28-19/h3-7,12,17H,8-11H2,1-2H3,(H,20,23,26). The van der Waals surface area contributed by atoms with Crippen LogP contribution in [0, 0.1) is 13.8 Å². The van der Waals surface area contributed by atoms with E-state index in [1.807, 2.05) is 37.3 Å². The summed E-state index contributed by atoms with van der Waals surface area (Å²) in [7, 11) is 0. The van der Waals surface area contributed by atoms with Gasteiger partial charge in [-0.25, -0.2) is 0 Å². The molecule has 1 aliphatic heterocycles. The average Bonchev–Trinajstić information content (AvgIpc) is 3.31. The number of hydrogen-bond acceptors (Lipinski definition) is 8. The molecule has 0 bridgehead atoms. The molecule has 1 amide bonds. The van der Waals surface area contributed by atoms with Gasteiger partial charge in [0.25, 0.3) is 0 Å². The zero-order valence-corrected chi connectivity index (χ0v) is 16.6. The highest BCUT2D eigenvalue weighted by Crippen LogP contribution is 2.27. The van der Waals surface area contributed by atoms with E-state index in [4.69, 9.17) is 4.52 Å². The van der Waals surface area contributed by atoms with E-state index in [0.29, 0.717) is 11.6 Å². The summed E-state index contributed by atoms with van der Waals surface area (Å²) < 4.78 is 5.06. The van der Waals surface area contributed by atoms with Gasteiger partial charge in [-0.1, -0.05) is 46.8 Å². The smallest absolute Gasteiger partial charge is 0.247 e. The van der Waals surface area contributed by atoms with Crippen LogP contribution in [0.2, 0.25) is 0 Å². The van der Waals surface area contributed by atoms with E-state index in [1.54, 1.807) is 24.3 Å². The Hall–Kier alpha value is -2.78. The van der Waals surface area contributed by atoms with Crippen molar-refractivity contribution in [1.29, 1.82) is 0 Å². The number of nitrogens with one attached hydrogen (secondary N) is 1. The molecule has 4 rings (SSSR count). The van der Waals surface area contributed by atoms with E-state index in [9.17, 15) is 4.79 Å². The SMILES string of the molecule is Cc1cc(NC(=O)C(c2ccccc2)N2CCN(c3nnc(C)s3)CC2)no1. The number of carbonyl (C=O) groups is 1. The minimum absolute atomic E-state index is 0.111. The maximum absolute atomic E-state index is 13.1. The Morgan fingerprint density at radius 3 is 2.50 bits per heavy atom. The van der Waals surface area contributed by atoms with Gasteiger partial charge in [-0.3, -0.25) is 9.69 Å². The summed E-state index contributed by atoms with van der Waals surface area (Å²) in [5.41, 5.74) is 0.959. The highest BCUT2D eigenvalue weighted by Gasteiger charge is 2.31. The monoisotopic (exact) mass is 398 g/mol. The molecule has 0 saturated carbocycles. The predicted molar refractivity (Wildman–Crippen MR) is 107 cm³/mol. The van der Waals surface area contributed by atoms with Gasteiger partial charge in [0, 0.05) is 32.2 Å². The van der Waals surface area contributed by atoms with Crippen LogP contribution in [-0.2, 0) is 4.79 Å². The van der Waals surface area contributed by atoms with Gasteiger partial charge in [-0.15, -0.1) is 10.2 Å². The minimum Gasteiger partial charge on any atom is -0.360 e. The topological polar surface area (TPSA) is 87.4 Å². The van der Waals surface area contributed by atoms with Gasteiger partial charge in [-0.05, 0) is 19.4 Å². The summed E-state index contributed by atoms with van der Waals surface area (Å²) in [5, 5.41) is 17.0. The zero-order valence-electron chi connectivity index (χ0n) is 15.8. The number of amides is 1. The van der Waals surface area contributed by atoms with Crippen molar-refractivity contribution in [3.05, 3.63) is 52.7 Å². The molecule has 3 aromatic rings. The predicted octanol–water partition coefficient (Wildman–Crippen LogP) is 2.64. The molecule has 3 heterocycles. The molecule has 8 nitrogen and oxygen atoms in total. The van der Waals surface area contributed by atoms with Crippen molar-refractivity contribution in [3.63, 3.8) is 0 Å². The maximum Gasteiger partial charge on any atom is 0.247 e. The summed E-state index contributed by atoms with van der Waals surface area (Å²) in [6.07, 6.45) is 0. The number of benzene rings is 1. The van der Waals surface area contributed by atoms with Gasteiger partial charge in [0.15, 0.2) is 5.82 Å². The highest BCUT2D eigenvalue weighted by molar-refractivity contribution is 7.15. The Bertz CT molecular complexity index is 933. The number of rotatable bonds is 5. The second kappa shape index (κ2) is 8.07. The third-order valence-electron chi connectivity index (χ3n) is 4.71. The normalized spacial score (nSPS) is 16.1. The summed E-state index contributed by atoms with van der Waals surface area (Å²) >= 11 is 1.60. The van der Waals surface area contributed by atoms with Crippen molar-refractivity contribution in [1.82, 2.24) is 20.3 Å². The Labute approximate surface area is 167 Å². The maximum atomic E-state index is 13.1. The number of anilines is 2. The molecule has 28 heavy (non-hydrogen) atoms. The first-order valence-electron chi connectivity index (χ1n) is 9.18. The third-order valence-corrected chi connectivity index (χ3v) is 5.61. The number of hydrogen-bond donors (Lipinski definition) is 1. The van der Waals surface area contributed by atoms with Crippen molar-refractivity contribution in [2.45, 2.75) is 19.9 Å². The summed E-state index contributed by atoms with van der Waals surface area (Å²) in [4.78, 5) is 17.5. The molecule has 0 spiro atoms. The van der Waals surface area contributed by atoms with E-state index in [2.05, 4.69) is 30.5 Å². The first-order chi connectivity index (χ1) is 13.6. The lowest BCUT2D eigenvalue weighted by molar-refractivity contribution is -0.121. The van der Waals surface area contributed by atoms with Crippen LogP contribution in [0.15, 0.2) is 40.9 Å². The van der Waals surface area contributed by atoms with Crippen molar-refractivity contribution in [2.75, 3.05) is 36.4 Å². The summed E-state index contributed by atoms with van der Waals surface area (Å²) in [6.45, 7) is 6.86. The number of carbonyl (C=O) groups excluding carboxylic acids is 1. The number of nitrogens with zero attached hydrogens (tertiary/aromatic N) is 5. The summed E-state index contributed by atoms with van der Waals surface area (Å²) in [5.74, 6) is 0.985. The fourth-order valence-electron chi connectivity index (χ4n) is 3.37. The van der Waals surface area contributed by atoms with Crippen LogP contribution in [0.5, 0.6) is 0 Å². The van der Waals surface area contributed by atoms with Crippen molar-refractivity contribution < 1.29 is 9.32 Å². The molecule has 1 saturated heterocycles. The van der Waals surface area contributed by atoms with Crippen molar-refractivity contribution in [3.8, 4) is 0 Å². The van der Waals surface area contributed by atoms with Crippen molar-refractivity contribution in [2.24, 2.45) is 0 Å². The lowest BCUT2D eigenvalue weighted by Crippen LogP contribution is -2.50. The molecule has 0 radical (unpaired) electrons. The summed E-state index contributed by atoms with van der Waals surface area (Å²) in [6, 6.07) is 11.2. The zero-order chi connectivity index (χ0) is 19.5. The van der Waals surface area contributed by atoms with Gasteiger partial charge in [-0.2, -0.15) is 0 Å². The van der Waals surface area contributed by atoms with Gasteiger partial charge in [0.2, 0.25) is 11.0 Å². The molecule has 146 valence electrons. The molecule has 1 aromatic carbocycles. The fourth-order valence-corrected chi connectivity index (χ4v) is 4.11. The van der Waals surface area contributed by atoms with Crippen LogP contribution in [0.25, 0.3) is 0 Å². The Balaban J connectivity index is 1.50. The Morgan fingerprint density at radius 2 is 1.89 bits per heavy atom. The van der Waals surface area contributed by atoms with Crippen LogP contribution >= 0.6 is 11.3 Å². The van der Waals surface area contributed by atoms with E-state index in [0.717, 1.165) is 41.9 Å². The van der Waals surface area contributed by atoms with E-state index < -0.39 is 6.04 Å². The fraction of sp³-hybridized carbons (Fsp3) is 0.368. The molecule has 9 heteroatoms. The highest BCUT2D eigenvalue weighted by atomic mass is 32.1. The average molecular weight is 398 g/mol. The number of aromatic nitrogens is 3. The lowest BCUT2D eigenvalue weighted by Gasteiger charge is -2.38. The number of aryl methyl sites for hydroxylation is 2. The van der Waals surface area contributed by atoms with Crippen LogP contribution in [0.4, 0.5) is 10.9 Å². The molecular formula is C19H22N6O2S. The first kappa shape index (κ1) is 18.6. The first-order valence-corrected chi connectivity index (χ1v) is 10.00. The van der Waals surface area contributed by atoms with Gasteiger partial charge in [0.05, 0.1) is 0 Å². The molecule has 1 unspecified atom stereocenters. The van der Waals surface area contributed by atoms with E-state index in [-0.39, 0.29) is 5.91 Å². The number of piperazine rings is 1. The van der Waals surface area contributed by atoms with E-state index in [1.165, 1.54) is 0 Å². The lowest BCUT2D eigenvalue weighted by atomic mass is 10.0. The molecular weight excluding hydrogens is 376 g/mol. The van der Waals surface area contributed by atoms with E-state index >= 15 is 0 Å². The quantitative estimate of drug-likeness (QED) is 0.707. The van der Waals surface area contributed by atoms with Crippen LogP contribution < -0.4 is 10.2 Å². The van der Waals surface area contributed by atoms with Crippen LogP contribution in [-0.4, -0.2) is 52.3 Å². The third kappa shape index (κ3) is 4.05. The minimum atomic E-state index is -0.392. The van der Waals surface area contributed by atoms with Gasteiger partial charge >= 0.3 is 0 Å².